The van der Waals surface area contributed by atoms with Crippen LogP contribution in [-0.4, -0.2) is 42.3 Å². The third kappa shape index (κ3) is 6.35. The number of carbonyl (C=O) groups is 2. The van der Waals surface area contributed by atoms with Crippen molar-refractivity contribution in [3.05, 3.63) is 33.8 Å². The van der Waals surface area contributed by atoms with Gasteiger partial charge >= 0.3 is 18.2 Å². The van der Waals surface area contributed by atoms with Crippen LogP contribution in [0.5, 0.6) is 0 Å². The molecule has 1 heterocycles. The van der Waals surface area contributed by atoms with E-state index in [-0.39, 0.29) is 24.4 Å². The minimum atomic E-state index is -4.45. The quantitative estimate of drug-likeness (QED) is 0.557. The van der Waals surface area contributed by atoms with E-state index in [0.29, 0.717) is 17.3 Å². The lowest BCUT2D eigenvalue weighted by atomic mass is 9.94. The summed E-state index contributed by atoms with van der Waals surface area (Å²) in [4.78, 5) is 25.9. The predicted octanol–water partition coefficient (Wildman–Crippen LogP) is 5.20. The highest BCUT2D eigenvalue weighted by molar-refractivity contribution is 9.10. The van der Waals surface area contributed by atoms with Crippen LogP contribution in [0.3, 0.4) is 0 Å². The van der Waals surface area contributed by atoms with Crippen LogP contribution < -0.4 is 0 Å². The Kier molecular flexibility index (Phi) is 7.24. The molecule has 1 aliphatic rings. The summed E-state index contributed by atoms with van der Waals surface area (Å²) in [5.74, 6) is -0.700. The minimum absolute atomic E-state index is 0.142. The number of halogens is 4. The lowest BCUT2D eigenvalue weighted by Gasteiger charge is -2.27. The van der Waals surface area contributed by atoms with Crippen molar-refractivity contribution in [2.24, 2.45) is 5.92 Å². The van der Waals surface area contributed by atoms with Gasteiger partial charge < -0.3 is 9.47 Å². The lowest BCUT2D eigenvalue weighted by Crippen LogP contribution is -2.43. The van der Waals surface area contributed by atoms with E-state index in [9.17, 15) is 22.8 Å². The molecular formula is C20H25BrF3NO4. The smallest absolute Gasteiger partial charge is 0.416 e. The second kappa shape index (κ2) is 8.93. The largest absolute Gasteiger partial charge is 0.467 e. The fraction of sp³-hybridized carbons (Fsp3) is 0.600. The summed E-state index contributed by atoms with van der Waals surface area (Å²) in [7, 11) is 1.24. The van der Waals surface area contributed by atoms with Crippen molar-refractivity contribution < 1.29 is 32.2 Å². The van der Waals surface area contributed by atoms with Crippen molar-refractivity contribution in [3.63, 3.8) is 0 Å². The Morgan fingerprint density at radius 2 is 1.90 bits per heavy atom. The van der Waals surface area contributed by atoms with Gasteiger partial charge in [0.1, 0.15) is 11.6 Å². The molecule has 2 rings (SSSR count). The molecule has 1 aromatic rings. The molecule has 0 N–H and O–H groups in total. The third-order valence-corrected chi connectivity index (χ3v) is 5.18. The van der Waals surface area contributed by atoms with Gasteiger partial charge in [-0.3, -0.25) is 4.90 Å². The molecule has 1 fully saturated rings. The SMILES string of the molecule is COC(=O)[C@@H]1CC(CCc2ccc(Br)cc2C(F)(F)F)CN1C(=O)OC(C)(C)C. The number of alkyl halides is 3. The Labute approximate surface area is 176 Å². The van der Waals surface area contributed by atoms with E-state index in [1.54, 1.807) is 26.8 Å². The van der Waals surface area contributed by atoms with Crippen LogP contribution in [0.4, 0.5) is 18.0 Å². The summed E-state index contributed by atoms with van der Waals surface area (Å²) in [6.45, 7) is 5.39. The molecule has 0 bridgehead atoms. The van der Waals surface area contributed by atoms with E-state index >= 15 is 0 Å². The van der Waals surface area contributed by atoms with Crippen LogP contribution in [-0.2, 0) is 26.9 Å². The maximum atomic E-state index is 13.3. The molecule has 29 heavy (non-hydrogen) atoms. The summed E-state index contributed by atoms with van der Waals surface area (Å²) >= 11 is 3.08. The second-order valence-electron chi connectivity index (χ2n) is 8.11. The Bertz CT molecular complexity index is 761. The van der Waals surface area contributed by atoms with Crippen LogP contribution >= 0.6 is 15.9 Å². The number of hydrogen-bond acceptors (Lipinski definition) is 4. The van der Waals surface area contributed by atoms with Crippen LogP contribution in [0.25, 0.3) is 0 Å². The molecule has 5 nitrogen and oxygen atoms in total. The van der Waals surface area contributed by atoms with Gasteiger partial charge in [0.15, 0.2) is 0 Å². The zero-order valence-electron chi connectivity index (χ0n) is 16.8. The van der Waals surface area contributed by atoms with E-state index in [1.165, 1.54) is 18.1 Å². The van der Waals surface area contributed by atoms with Crippen LogP contribution in [0.15, 0.2) is 22.7 Å². The van der Waals surface area contributed by atoms with Gasteiger partial charge in [0.05, 0.1) is 12.7 Å². The van der Waals surface area contributed by atoms with Gasteiger partial charge in [-0.05, 0) is 63.6 Å². The molecular weight excluding hydrogens is 455 g/mol. The number of nitrogens with zero attached hydrogens (tertiary/aromatic N) is 1. The molecule has 9 heteroatoms. The monoisotopic (exact) mass is 479 g/mol. The molecule has 1 saturated heterocycles. The first-order chi connectivity index (χ1) is 13.3. The predicted molar refractivity (Wildman–Crippen MR) is 104 cm³/mol. The summed E-state index contributed by atoms with van der Waals surface area (Å²) in [6.07, 6.45) is -4.18. The number of methoxy groups -OCH3 is 1. The fourth-order valence-corrected chi connectivity index (χ4v) is 3.77. The summed E-state index contributed by atoms with van der Waals surface area (Å²) in [5, 5.41) is 0. The molecule has 1 amide bonds. The summed E-state index contributed by atoms with van der Waals surface area (Å²) in [6, 6.07) is 3.29. The van der Waals surface area contributed by atoms with Gasteiger partial charge in [-0.1, -0.05) is 22.0 Å². The van der Waals surface area contributed by atoms with Gasteiger partial charge in [-0.2, -0.15) is 13.2 Å². The molecule has 1 aliphatic heterocycles. The zero-order chi connectivity index (χ0) is 22.0. The van der Waals surface area contributed by atoms with Gasteiger partial charge in [0.2, 0.25) is 0 Å². The maximum Gasteiger partial charge on any atom is 0.416 e. The first-order valence-corrected chi connectivity index (χ1v) is 10.0. The third-order valence-electron chi connectivity index (χ3n) is 4.69. The maximum absolute atomic E-state index is 13.3. The number of benzene rings is 1. The number of esters is 1. The Balaban J connectivity index is 2.13. The van der Waals surface area contributed by atoms with Crippen molar-refractivity contribution in [1.29, 1.82) is 0 Å². The van der Waals surface area contributed by atoms with Crippen molar-refractivity contribution >= 4 is 28.0 Å². The molecule has 1 unspecified atom stereocenters. The van der Waals surface area contributed by atoms with E-state index < -0.39 is 35.4 Å². The molecule has 0 aliphatic carbocycles. The van der Waals surface area contributed by atoms with Crippen LogP contribution in [0.1, 0.15) is 44.7 Å². The number of likely N-dealkylation sites (tertiary alicyclic amines) is 1. The molecule has 0 radical (unpaired) electrons. The number of ether oxygens (including phenoxy) is 2. The van der Waals surface area contributed by atoms with E-state index in [2.05, 4.69) is 15.9 Å². The highest BCUT2D eigenvalue weighted by atomic mass is 79.9. The van der Waals surface area contributed by atoms with Gasteiger partial charge in [-0.25, -0.2) is 9.59 Å². The van der Waals surface area contributed by atoms with E-state index in [0.717, 1.165) is 6.07 Å². The van der Waals surface area contributed by atoms with E-state index in [1.807, 2.05) is 0 Å². The Hall–Kier alpha value is -1.77. The number of aryl methyl sites for hydroxylation is 1. The van der Waals surface area contributed by atoms with E-state index in [4.69, 9.17) is 9.47 Å². The lowest BCUT2D eigenvalue weighted by molar-refractivity contribution is -0.145. The molecule has 0 spiro atoms. The topological polar surface area (TPSA) is 55.8 Å². The van der Waals surface area contributed by atoms with Crippen molar-refractivity contribution in [3.8, 4) is 0 Å². The van der Waals surface area contributed by atoms with Gasteiger partial charge in [0, 0.05) is 11.0 Å². The molecule has 1 aromatic carbocycles. The average molecular weight is 480 g/mol. The summed E-state index contributed by atoms with van der Waals surface area (Å²) in [5.41, 5.74) is -1.22. The molecule has 0 aromatic heterocycles. The van der Waals surface area contributed by atoms with Crippen molar-refractivity contribution in [2.75, 3.05) is 13.7 Å². The highest BCUT2D eigenvalue weighted by Crippen LogP contribution is 2.36. The van der Waals surface area contributed by atoms with Crippen LogP contribution in [0, 0.1) is 5.92 Å². The first kappa shape index (κ1) is 23.5. The highest BCUT2D eigenvalue weighted by Gasteiger charge is 2.42. The number of amides is 1. The summed E-state index contributed by atoms with van der Waals surface area (Å²) < 4.78 is 50.5. The molecule has 2 atom stereocenters. The molecule has 162 valence electrons. The van der Waals surface area contributed by atoms with Gasteiger partial charge in [-0.15, -0.1) is 0 Å². The second-order valence-corrected chi connectivity index (χ2v) is 9.03. The van der Waals surface area contributed by atoms with Crippen molar-refractivity contribution in [1.82, 2.24) is 4.90 Å². The normalized spacial score (nSPS) is 19.9. The minimum Gasteiger partial charge on any atom is -0.467 e. The standard InChI is InChI=1S/C20H25BrF3NO4/c1-19(2,3)29-18(27)25-11-12(9-16(25)17(26)28-4)5-6-13-7-8-14(21)10-15(13)20(22,23)24/h7-8,10,12,16H,5-6,9,11H2,1-4H3/t12?,16-/m0/s1. The van der Waals surface area contributed by atoms with Crippen LogP contribution in [0.2, 0.25) is 0 Å². The fourth-order valence-electron chi connectivity index (χ4n) is 3.40. The number of hydrogen-bond donors (Lipinski definition) is 0. The molecule has 0 saturated carbocycles. The zero-order valence-corrected chi connectivity index (χ0v) is 18.4. The Morgan fingerprint density at radius 3 is 2.45 bits per heavy atom. The van der Waals surface area contributed by atoms with Gasteiger partial charge in [0.25, 0.3) is 0 Å². The van der Waals surface area contributed by atoms with Crippen molar-refractivity contribution in [2.45, 2.75) is 57.9 Å². The number of carbonyl (C=O) groups excluding carboxylic acids is 2. The average Bonchev–Trinajstić information content (AvgIpc) is 3.02. The first-order valence-electron chi connectivity index (χ1n) is 9.25. The number of rotatable bonds is 4. The Morgan fingerprint density at radius 1 is 1.24 bits per heavy atom.